The molecular weight excluding hydrogens is 270 g/mol. The summed E-state index contributed by atoms with van der Waals surface area (Å²) in [5.41, 5.74) is 0. The Balaban J connectivity index is 1.49. The number of hydrogen-bond donors (Lipinski definition) is 0. The van der Waals surface area contributed by atoms with E-state index in [0.29, 0.717) is 11.8 Å². The van der Waals surface area contributed by atoms with Crippen molar-refractivity contribution in [2.45, 2.75) is 44.2 Å². The van der Waals surface area contributed by atoms with Gasteiger partial charge in [-0.15, -0.1) is 0 Å². The lowest BCUT2D eigenvalue weighted by Gasteiger charge is -2.21. The van der Waals surface area contributed by atoms with Crippen LogP contribution >= 0.6 is 0 Å². The van der Waals surface area contributed by atoms with Crippen LogP contribution in [0.5, 0.6) is 0 Å². The highest BCUT2D eigenvalue weighted by atomic mass is 16.5. The third-order valence-corrected chi connectivity index (χ3v) is 4.11. The van der Waals surface area contributed by atoms with Gasteiger partial charge in [-0.2, -0.15) is 10.1 Å². The minimum absolute atomic E-state index is 0.0485. The molecule has 0 spiro atoms. The summed E-state index contributed by atoms with van der Waals surface area (Å²) in [5, 5.41) is 8.13. The molecule has 3 heterocycles. The summed E-state index contributed by atoms with van der Waals surface area (Å²) in [7, 11) is 0. The van der Waals surface area contributed by atoms with Gasteiger partial charge in [-0.1, -0.05) is 5.16 Å². The number of carbonyl (C=O) groups is 1. The lowest BCUT2D eigenvalue weighted by molar-refractivity contribution is -0.133. The third-order valence-electron chi connectivity index (χ3n) is 4.11. The summed E-state index contributed by atoms with van der Waals surface area (Å²) in [6.45, 7) is 0.999. The molecule has 0 aromatic carbocycles. The van der Waals surface area contributed by atoms with Crippen molar-refractivity contribution in [2.24, 2.45) is 0 Å². The normalized spacial score (nSPS) is 21.9. The van der Waals surface area contributed by atoms with E-state index in [-0.39, 0.29) is 18.5 Å². The average molecular weight is 287 g/mol. The number of hydrogen-bond acceptors (Lipinski definition) is 5. The molecule has 7 nitrogen and oxygen atoms in total. The molecule has 1 unspecified atom stereocenters. The summed E-state index contributed by atoms with van der Waals surface area (Å²) in [6.07, 6.45) is 7.61. The highest BCUT2D eigenvalue weighted by Gasteiger charge is 2.36. The fourth-order valence-corrected chi connectivity index (χ4v) is 2.84. The fraction of sp³-hybridized carbons (Fsp3) is 0.571. The van der Waals surface area contributed by atoms with E-state index in [0.717, 1.165) is 38.1 Å². The molecule has 1 aliphatic carbocycles. The van der Waals surface area contributed by atoms with Crippen molar-refractivity contribution >= 4 is 5.91 Å². The first-order valence-corrected chi connectivity index (χ1v) is 7.41. The van der Waals surface area contributed by atoms with E-state index in [1.165, 1.54) is 0 Å². The zero-order valence-corrected chi connectivity index (χ0v) is 11.7. The zero-order chi connectivity index (χ0) is 14.2. The van der Waals surface area contributed by atoms with Crippen LogP contribution in [0.25, 0.3) is 0 Å². The quantitative estimate of drug-likeness (QED) is 0.851. The monoisotopic (exact) mass is 287 g/mol. The Kier molecular flexibility index (Phi) is 2.98. The molecule has 21 heavy (non-hydrogen) atoms. The van der Waals surface area contributed by atoms with Crippen molar-refractivity contribution < 1.29 is 9.32 Å². The number of carbonyl (C=O) groups excluding carboxylic acids is 1. The van der Waals surface area contributed by atoms with E-state index in [1.807, 2.05) is 11.0 Å². The summed E-state index contributed by atoms with van der Waals surface area (Å²) in [6, 6.07) is 1.74. The molecule has 7 heteroatoms. The standard InChI is InChI=1S/C14H17N5O2/c20-12(9-18-7-2-6-15-18)19-8-1-3-11(19)14-16-13(17-21-14)10-4-5-10/h2,6-7,10-11H,1,3-5,8-9H2. The molecule has 2 aliphatic rings. The second-order valence-corrected chi connectivity index (χ2v) is 5.71. The van der Waals surface area contributed by atoms with Crippen LogP contribution in [0.1, 0.15) is 49.4 Å². The Morgan fingerprint density at radius 2 is 2.29 bits per heavy atom. The first-order chi connectivity index (χ1) is 10.3. The van der Waals surface area contributed by atoms with Gasteiger partial charge in [0.25, 0.3) is 0 Å². The molecule has 110 valence electrons. The maximum absolute atomic E-state index is 12.4. The van der Waals surface area contributed by atoms with Crippen LogP contribution in [0.2, 0.25) is 0 Å². The van der Waals surface area contributed by atoms with Crippen molar-refractivity contribution in [3.8, 4) is 0 Å². The average Bonchev–Trinajstić information content (AvgIpc) is 2.94. The van der Waals surface area contributed by atoms with Gasteiger partial charge < -0.3 is 9.42 Å². The van der Waals surface area contributed by atoms with Gasteiger partial charge in [0.15, 0.2) is 5.82 Å². The molecule has 2 fully saturated rings. The molecule has 0 N–H and O–H groups in total. The van der Waals surface area contributed by atoms with Crippen LogP contribution in [0.3, 0.4) is 0 Å². The summed E-state index contributed by atoms with van der Waals surface area (Å²) in [4.78, 5) is 18.8. The molecule has 2 aromatic heterocycles. The predicted molar refractivity (Wildman–Crippen MR) is 72.2 cm³/mol. The van der Waals surface area contributed by atoms with Crippen LogP contribution in [-0.2, 0) is 11.3 Å². The van der Waals surface area contributed by atoms with E-state index >= 15 is 0 Å². The lowest BCUT2D eigenvalue weighted by Crippen LogP contribution is -2.33. The Morgan fingerprint density at radius 3 is 3.05 bits per heavy atom. The second-order valence-electron chi connectivity index (χ2n) is 5.71. The van der Waals surface area contributed by atoms with Crippen molar-refractivity contribution in [3.05, 3.63) is 30.2 Å². The van der Waals surface area contributed by atoms with Gasteiger partial charge in [-0.3, -0.25) is 9.48 Å². The predicted octanol–water partition coefficient (Wildman–Crippen LogP) is 1.51. The molecule has 1 saturated carbocycles. The zero-order valence-electron chi connectivity index (χ0n) is 11.7. The van der Waals surface area contributed by atoms with Crippen LogP contribution in [0, 0.1) is 0 Å². The Morgan fingerprint density at radius 1 is 1.38 bits per heavy atom. The largest absolute Gasteiger partial charge is 0.337 e. The van der Waals surface area contributed by atoms with Crippen molar-refractivity contribution in [1.82, 2.24) is 24.8 Å². The molecule has 1 atom stereocenters. The number of nitrogens with zero attached hydrogens (tertiary/aromatic N) is 5. The highest BCUT2D eigenvalue weighted by molar-refractivity contribution is 5.76. The van der Waals surface area contributed by atoms with E-state index in [4.69, 9.17) is 4.52 Å². The first kappa shape index (κ1) is 12.6. The van der Waals surface area contributed by atoms with Crippen LogP contribution in [0.15, 0.2) is 23.0 Å². The van der Waals surface area contributed by atoms with E-state index < -0.39 is 0 Å². The van der Waals surface area contributed by atoms with E-state index in [2.05, 4.69) is 15.2 Å². The lowest BCUT2D eigenvalue weighted by atomic mass is 10.2. The summed E-state index contributed by atoms with van der Waals surface area (Å²) in [5.74, 6) is 1.91. The molecule has 0 bridgehead atoms. The molecule has 1 aliphatic heterocycles. The fourth-order valence-electron chi connectivity index (χ4n) is 2.84. The molecular formula is C14H17N5O2. The van der Waals surface area contributed by atoms with Crippen LogP contribution in [0.4, 0.5) is 0 Å². The Bertz CT molecular complexity index is 632. The van der Waals surface area contributed by atoms with E-state index in [9.17, 15) is 4.79 Å². The minimum Gasteiger partial charge on any atom is -0.337 e. The molecule has 2 aromatic rings. The summed E-state index contributed by atoms with van der Waals surface area (Å²) >= 11 is 0. The third kappa shape index (κ3) is 2.43. The molecule has 1 amide bonds. The van der Waals surface area contributed by atoms with Gasteiger partial charge in [0.2, 0.25) is 11.8 Å². The van der Waals surface area contributed by atoms with Gasteiger partial charge in [0.05, 0.1) is 0 Å². The van der Waals surface area contributed by atoms with E-state index in [1.54, 1.807) is 17.1 Å². The minimum atomic E-state index is -0.0759. The smallest absolute Gasteiger partial charge is 0.249 e. The summed E-state index contributed by atoms with van der Waals surface area (Å²) < 4.78 is 7.03. The maximum atomic E-state index is 12.4. The molecule has 0 radical (unpaired) electrons. The Labute approximate surface area is 121 Å². The van der Waals surface area contributed by atoms with Crippen LogP contribution < -0.4 is 0 Å². The maximum Gasteiger partial charge on any atom is 0.249 e. The number of likely N-dealkylation sites (tertiary alicyclic amines) is 1. The number of amides is 1. The van der Waals surface area contributed by atoms with Crippen molar-refractivity contribution in [1.29, 1.82) is 0 Å². The van der Waals surface area contributed by atoms with Gasteiger partial charge in [-0.25, -0.2) is 0 Å². The molecule has 4 rings (SSSR count). The van der Waals surface area contributed by atoms with Gasteiger partial charge in [0.1, 0.15) is 12.6 Å². The van der Waals surface area contributed by atoms with Gasteiger partial charge >= 0.3 is 0 Å². The Hall–Kier alpha value is -2.18. The first-order valence-electron chi connectivity index (χ1n) is 7.41. The number of rotatable bonds is 4. The van der Waals surface area contributed by atoms with Gasteiger partial charge in [-0.05, 0) is 31.7 Å². The topological polar surface area (TPSA) is 77.1 Å². The highest BCUT2D eigenvalue weighted by Crippen LogP contribution is 2.39. The second kappa shape index (κ2) is 4.98. The SMILES string of the molecule is O=C(Cn1cccn1)N1CCCC1c1nc(C2CC2)no1. The molecule has 1 saturated heterocycles. The van der Waals surface area contributed by atoms with Gasteiger partial charge in [0, 0.05) is 24.9 Å². The van der Waals surface area contributed by atoms with Crippen molar-refractivity contribution in [3.63, 3.8) is 0 Å². The van der Waals surface area contributed by atoms with Crippen LogP contribution in [-0.4, -0.2) is 37.3 Å². The van der Waals surface area contributed by atoms with Crippen molar-refractivity contribution in [2.75, 3.05) is 6.54 Å². The number of aromatic nitrogens is 4.